The van der Waals surface area contributed by atoms with Gasteiger partial charge in [-0.1, -0.05) is 26.7 Å². The fraction of sp³-hybridized carbons (Fsp3) is 1.00. The van der Waals surface area contributed by atoms with E-state index in [1.807, 2.05) is 0 Å². The second kappa shape index (κ2) is 34.7. The number of aliphatic hydroxyl groups is 2. The molecule has 242 valence electrons. The Morgan fingerprint density at radius 1 is 0.325 bits per heavy atom. The van der Waals surface area contributed by atoms with Gasteiger partial charge in [0.05, 0.1) is 119 Å². The fourth-order valence-electron chi connectivity index (χ4n) is 2.90. The van der Waals surface area contributed by atoms with Crippen molar-refractivity contribution in [2.45, 2.75) is 51.7 Å². The van der Waals surface area contributed by atoms with E-state index in [1.54, 1.807) is 0 Å². The van der Waals surface area contributed by atoms with Crippen molar-refractivity contribution in [3.05, 3.63) is 0 Å². The Morgan fingerprint density at radius 3 is 0.750 bits per heavy atom. The van der Waals surface area contributed by atoms with E-state index in [1.165, 1.54) is 0 Å². The van der Waals surface area contributed by atoms with Crippen molar-refractivity contribution >= 4 is 0 Å². The van der Waals surface area contributed by atoms with E-state index in [9.17, 15) is 10.2 Å². The lowest BCUT2D eigenvalue weighted by molar-refractivity contribution is -0.0597. The van der Waals surface area contributed by atoms with Gasteiger partial charge in [0.1, 0.15) is 12.2 Å². The molecule has 0 spiro atoms. The Bertz CT molecular complexity index is 421. The zero-order chi connectivity index (χ0) is 29.2. The molecule has 0 aliphatic heterocycles. The molecular weight excluding hydrogens is 528 g/mol. The third kappa shape index (κ3) is 33.7. The van der Waals surface area contributed by atoms with Crippen molar-refractivity contribution in [3.8, 4) is 0 Å². The van der Waals surface area contributed by atoms with E-state index in [0.717, 1.165) is 38.9 Å². The Hall–Kier alpha value is -0.480. The van der Waals surface area contributed by atoms with Crippen molar-refractivity contribution in [2.75, 3.05) is 132 Å². The van der Waals surface area contributed by atoms with Crippen LogP contribution in [-0.4, -0.2) is 155 Å². The largest absolute Gasteiger partial charge is 0.388 e. The average molecular weight is 587 g/mol. The van der Waals surface area contributed by atoms with Crippen molar-refractivity contribution in [3.63, 3.8) is 0 Å². The highest BCUT2D eigenvalue weighted by Crippen LogP contribution is 1.93. The van der Waals surface area contributed by atoms with Crippen molar-refractivity contribution in [1.29, 1.82) is 0 Å². The van der Waals surface area contributed by atoms with Crippen LogP contribution >= 0.6 is 0 Å². The van der Waals surface area contributed by atoms with Crippen LogP contribution in [0.1, 0.15) is 39.5 Å². The average Bonchev–Trinajstić information content (AvgIpc) is 2.95. The minimum absolute atomic E-state index is 0.141. The Balaban J connectivity index is 3.24. The van der Waals surface area contributed by atoms with Crippen LogP contribution in [0.15, 0.2) is 0 Å². The number of aliphatic hydroxyl groups excluding tert-OH is 2. The van der Waals surface area contributed by atoms with E-state index in [0.29, 0.717) is 92.5 Å². The molecule has 0 saturated carbocycles. The zero-order valence-electron chi connectivity index (χ0n) is 25.1. The van der Waals surface area contributed by atoms with E-state index in [-0.39, 0.29) is 26.4 Å². The molecule has 2 unspecified atom stereocenters. The van der Waals surface area contributed by atoms with E-state index in [4.69, 9.17) is 47.4 Å². The van der Waals surface area contributed by atoms with Crippen LogP contribution in [0.2, 0.25) is 0 Å². The molecule has 0 aliphatic carbocycles. The molecule has 0 heterocycles. The van der Waals surface area contributed by atoms with Gasteiger partial charge in [-0.25, -0.2) is 0 Å². The van der Waals surface area contributed by atoms with Crippen molar-refractivity contribution in [1.82, 2.24) is 0 Å². The van der Waals surface area contributed by atoms with Gasteiger partial charge in [0.15, 0.2) is 0 Å². The van der Waals surface area contributed by atoms with Crippen LogP contribution in [0.25, 0.3) is 0 Å². The predicted octanol–water partition coefficient (Wildman–Crippen LogP) is 1.47. The number of rotatable bonds is 35. The van der Waals surface area contributed by atoms with Gasteiger partial charge >= 0.3 is 0 Å². The van der Waals surface area contributed by atoms with Crippen LogP contribution < -0.4 is 0 Å². The summed E-state index contributed by atoms with van der Waals surface area (Å²) >= 11 is 0. The molecule has 12 nitrogen and oxygen atoms in total. The molecule has 0 aromatic rings. The summed E-state index contributed by atoms with van der Waals surface area (Å²) in [6.45, 7) is 13.0. The van der Waals surface area contributed by atoms with Crippen molar-refractivity contribution < 1.29 is 57.6 Å². The molecule has 0 bridgehead atoms. The molecule has 0 saturated heterocycles. The maximum Gasteiger partial charge on any atom is 0.101 e. The summed E-state index contributed by atoms with van der Waals surface area (Å²) in [6, 6.07) is 0. The van der Waals surface area contributed by atoms with Gasteiger partial charge < -0.3 is 57.6 Å². The zero-order valence-corrected chi connectivity index (χ0v) is 25.1. The highest BCUT2D eigenvalue weighted by atomic mass is 16.6. The number of unbranched alkanes of at least 4 members (excludes halogenated alkanes) is 2. The SMILES string of the molecule is CCCCOCCOCCOCCOCC(O)COCCOCC(O)COCCOCCOCCOCCCC. The van der Waals surface area contributed by atoms with Crippen LogP contribution in [0.4, 0.5) is 0 Å². The minimum atomic E-state index is -0.728. The molecule has 0 fully saturated rings. The molecule has 2 atom stereocenters. The third-order valence-electron chi connectivity index (χ3n) is 5.13. The smallest absolute Gasteiger partial charge is 0.101 e. The van der Waals surface area contributed by atoms with Gasteiger partial charge in [0.2, 0.25) is 0 Å². The molecule has 40 heavy (non-hydrogen) atoms. The summed E-state index contributed by atoms with van der Waals surface area (Å²) in [7, 11) is 0. The lowest BCUT2D eigenvalue weighted by atomic mass is 10.4. The summed E-state index contributed by atoms with van der Waals surface area (Å²) in [5, 5.41) is 19.8. The number of hydrogen-bond acceptors (Lipinski definition) is 12. The first-order valence-electron chi connectivity index (χ1n) is 14.8. The molecule has 0 radical (unpaired) electrons. The quantitative estimate of drug-likeness (QED) is 0.104. The first-order valence-corrected chi connectivity index (χ1v) is 14.8. The van der Waals surface area contributed by atoms with Crippen LogP contribution in [0, 0.1) is 0 Å². The predicted molar refractivity (Wildman–Crippen MR) is 150 cm³/mol. The fourth-order valence-corrected chi connectivity index (χ4v) is 2.90. The van der Waals surface area contributed by atoms with Crippen LogP contribution in [-0.2, 0) is 47.4 Å². The topological polar surface area (TPSA) is 133 Å². The highest BCUT2D eigenvalue weighted by Gasteiger charge is 2.06. The maximum absolute atomic E-state index is 9.88. The Morgan fingerprint density at radius 2 is 0.525 bits per heavy atom. The van der Waals surface area contributed by atoms with Gasteiger partial charge in [0.25, 0.3) is 0 Å². The van der Waals surface area contributed by atoms with Gasteiger partial charge in [-0.3, -0.25) is 0 Å². The molecule has 0 aromatic heterocycles. The van der Waals surface area contributed by atoms with E-state index < -0.39 is 12.2 Å². The molecule has 0 aliphatic rings. The summed E-state index contributed by atoms with van der Waals surface area (Å²) < 4.78 is 53.9. The monoisotopic (exact) mass is 586 g/mol. The highest BCUT2D eigenvalue weighted by molar-refractivity contribution is 4.53. The summed E-state index contributed by atoms with van der Waals surface area (Å²) in [4.78, 5) is 0. The summed E-state index contributed by atoms with van der Waals surface area (Å²) in [5.74, 6) is 0. The first-order chi connectivity index (χ1) is 19.7. The van der Waals surface area contributed by atoms with Gasteiger partial charge in [-0.15, -0.1) is 0 Å². The molecule has 12 heteroatoms. The standard InChI is InChI=1S/C28H58O12/c1-3-5-7-31-9-11-33-13-15-35-17-19-37-23-27(29)25-39-21-22-40-26-28(30)24-38-20-18-36-16-14-34-12-10-32-8-6-4-2/h27-30H,3-26H2,1-2H3. The number of ether oxygens (including phenoxy) is 10. The number of hydrogen-bond donors (Lipinski definition) is 2. The first kappa shape index (κ1) is 39.5. The normalized spacial score (nSPS) is 13.2. The molecule has 2 N–H and O–H groups in total. The lowest BCUT2D eigenvalue weighted by Gasteiger charge is -2.14. The van der Waals surface area contributed by atoms with Crippen molar-refractivity contribution in [2.24, 2.45) is 0 Å². The van der Waals surface area contributed by atoms with Gasteiger partial charge in [-0.2, -0.15) is 0 Å². The molecular formula is C28H58O12. The summed E-state index contributed by atoms with van der Waals surface area (Å²) in [5.41, 5.74) is 0. The Kier molecular flexibility index (Phi) is 34.3. The van der Waals surface area contributed by atoms with E-state index in [2.05, 4.69) is 13.8 Å². The van der Waals surface area contributed by atoms with Gasteiger partial charge in [0, 0.05) is 13.2 Å². The van der Waals surface area contributed by atoms with Gasteiger partial charge in [-0.05, 0) is 12.8 Å². The summed E-state index contributed by atoms with van der Waals surface area (Å²) in [6.07, 6.45) is 2.95. The second-order valence-corrected chi connectivity index (χ2v) is 8.99. The minimum Gasteiger partial charge on any atom is -0.388 e. The van der Waals surface area contributed by atoms with Crippen LogP contribution in [0.5, 0.6) is 0 Å². The molecule has 0 aromatic carbocycles. The van der Waals surface area contributed by atoms with Crippen LogP contribution in [0.3, 0.4) is 0 Å². The second-order valence-electron chi connectivity index (χ2n) is 8.99. The van der Waals surface area contributed by atoms with E-state index >= 15 is 0 Å². The lowest BCUT2D eigenvalue weighted by Crippen LogP contribution is -2.26. The maximum atomic E-state index is 9.88. The Labute approximate surface area is 241 Å². The third-order valence-corrected chi connectivity index (χ3v) is 5.13. The molecule has 0 rings (SSSR count). The molecule has 0 amide bonds.